The molecule has 0 radical (unpaired) electrons. The van der Waals surface area contributed by atoms with Crippen molar-refractivity contribution in [1.29, 1.82) is 0 Å². The Hall–Kier alpha value is -0.670. The van der Waals surface area contributed by atoms with E-state index in [1.807, 2.05) is 0 Å². The van der Waals surface area contributed by atoms with Gasteiger partial charge < -0.3 is 10.5 Å². The summed E-state index contributed by atoms with van der Waals surface area (Å²) in [6.45, 7) is 2.10. The molecule has 1 aliphatic carbocycles. The van der Waals surface area contributed by atoms with Gasteiger partial charge in [0.05, 0.1) is 7.11 Å². The molecule has 3 heteroatoms. The quantitative estimate of drug-likeness (QED) is 0.818. The van der Waals surface area contributed by atoms with E-state index in [-0.39, 0.29) is 11.5 Å². The lowest BCUT2D eigenvalue weighted by atomic mass is 9.89. The minimum absolute atomic E-state index is 0.164. The lowest BCUT2D eigenvalue weighted by Gasteiger charge is -2.23. The third kappa shape index (κ3) is 1.72. The minimum atomic E-state index is 0.164. The highest BCUT2D eigenvalue weighted by atomic mass is 32.2. The highest BCUT2D eigenvalue weighted by Gasteiger charge is 2.49. The average molecular weight is 237 g/mol. The average Bonchev–Trinajstić information content (AvgIpc) is 3.09. The molecule has 0 spiro atoms. The third-order valence-corrected chi connectivity index (χ3v) is 4.36. The fourth-order valence-electron chi connectivity index (χ4n) is 2.38. The number of rotatable bonds is 4. The molecule has 16 heavy (non-hydrogen) atoms. The van der Waals surface area contributed by atoms with Crippen molar-refractivity contribution in [3.63, 3.8) is 0 Å². The molecule has 0 aromatic heterocycles. The number of thioether (sulfide) groups is 1. The second-order valence-electron chi connectivity index (χ2n) is 4.49. The zero-order chi connectivity index (χ0) is 11.8. The summed E-state index contributed by atoms with van der Waals surface area (Å²) in [5.41, 5.74) is 7.57. The van der Waals surface area contributed by atoms with Crippen LogP contribution in [0.15, 0.2) is 23.1 Å². The van der Waals surface area contributed by atoms with Crippen LogP contribution in [-0.4, -0.2) is 19.4 Å². The van der Waals surface area contributed by atoms with E-state index in [9.17, 15) is 0 Å². The third-order valence-electron chi connectivity index (χ3n) is 3.60. The van der Waals surface area contributed by atoms with Gasteiger partial charge in [-0.15, -0.1) is 11.8 Å². The molecule has 0 aliphatic heterocycles. The van der Waals surface area contributed by atoms with Gasteiger partial charge in [-0.05, 0) is 32.1 Å². The van der Waals surface area contributed by atoms with Gasteiger partial charge in [0.1, 0.15) is 5.75 Å². The van der Waals surface area contributed by atoms with Crippen molar-refractivity contribution in [2.24, 2.45) is 5.73 Å². The summed E-state index contributed by atoms with van der Waals surface area (Å²) in [5.74, 6) is 1.02. The smallest absolute Gasteiger partial charge is 0.136 e. The number of benzene rings is 1. The molecule has 1 unspecified atom stereocenters. The van der Waals surface area contributed by atoms with Crippen LogP contribution in [0.2, 0.25) is 0 Å². The number of hydrogen-bond acceptors (Lipinski definition) is 3. The van der Waals surface area contributed by atoms with Gasteiger partial charge in [0, 0.05) is 21.9 Å². The lowest BCUT2D eigenvalue weighted by molar-refractivity contribution is 0.388. The van der Waals surface area contributed by atoms with Crippen LogP contribution in [0.3, 0.4) is 0 Å². The van der Waals surface area contributed by atoms with Crippen LogP contribution in [0.25, 0.3) is 0 Å². The molecule has 1 aliphatic rings. The van der Waals surface area contributed by atoms with Crippen LogP contribution < -0.4 is 10.5 Å². The Labute approximate surface area is 102 Å². The first-order valence-electron chi connectivity index (χ1n) is 5.63. The normalized spacial score (nSPS) is 19.2. The van der Waals surface area contributed by atoms with E-state index in [0.717, 1.165) is 5.75 Å². The lowest BCUT2D eigenvalue weighted by Crippen LogP contribution is -2.31. The molecule has 1 fully saturated rings. The van der Waals surface area contributed by atoms with E-state index in [4.69, 9.17) is 10.5 Å². The molecule has 1 saturated carbocycles. The molecule has 1 atom stereocenters. The van der Waals surface area contributed by atoms with E-state index < -0.39 is 0 Å². The highest BCUT2D eigenvalue weighted by molar-refractivity contribution is 7.98. The predicted molar refractivity (Wildman–Crippen MR) is 69.3 cm³/mol. The zero-order valence-electron chi connectivity index (χ0n) is 10.1. The molecule has 0 heterocycles. The number of ether oxygens (including phenoxy) is 1. The van der Waals surface area contributed by atoms with Crippen molar-refractivity contribution in [3.8, 4) is 5.75 Å². The van der Waals surface area contributed by atoms with E-state index >= 15 is 0 Å². The van der Waals surface area contributed by atoms with Gasteiger partial charge in [-0.25, -0.2) is 0 Å². The molecule has 2 rings (SSSR count). The summed E-state index contributed by atoms with van der Waals surface area (Å²) in [5, 5.41) is 0. The fraction of sp³-hybridized carbons (Fsp3) is 0.538. The number of para-hydroxylation sites is 1. The van der Waals surface area contributed by atoms with Crippen molar-refractivity contribution < 1.29 is 4.74 Å². The van der Waals surface area contributed by atoms with Crippen molar-refractivity contribution in [1.82, 2.24) is 0 Å². The van der Waals surface area contributed by atoms with Gasteiger partial charge >= 0.3 is 0 Å². The molecule has 1 aromatic rings. The van der Waals surface area contributed by atoms with Crippen LogP contribution in [0.5, 0.6) is 5.75 Å². The summed E-state index contributed by atoms with van der Waals surface area (Å²) < 4.78 is 5.57. The van der Waals surface area contributed by atoms with Crippen molar-refractivity contribution in [2.75, 3.05) is 13.4 Å². The van der Waals surface area contributed by atoms with E-state index in [1.165, 1.54) is 23.3 Å². The molecular formula is C13H19NOS. The number of nitrogens with two attached hydrogens (primary N) is 1. The Kier molecular flexibility index (Phi) is 3.17. The molecule has 0 amide bonds. The monoisotopic (exact) mass is 237 g/mol. The van der Waals surface area contributed by atoms with Crippen molar-refractivity contribution in [2.45, 2.75) is 36.1 Å². The molecule has 0 bridgehead atoms. The minimum Gasteiger partial charge on any atom is -0.495 e. The first-order chi connectivity index (χ1) is 7.65. The fourth-order valence-corrected chi connectivity index (χ4v) is 2.98. The second kappa shape index (κ2) is 4.30. The van der Waals surface area contributed by atoms with E-state index in [1.54, 1.807) is 18.9 Å². The maximum absolute atomic E-state index is 6.12. The Morgan fingerprint density at radius 3 is 2.56 bits per heavy atom. The summed E-state index contributed by atoms with van der Waals surface area (Å²) in [7, 11) is 1.75. The molecular weight excluding hydrogens is 218 g/mol. The zero-order valence-corrected chi connectivity index (χ0v) is 10.9. The molecule has 0 saturated heterocycles. The summed E-state index contributed by atoms with van der Waals surface area (Å²) in [6.07, 6.45) is 4.44. The maximum atomic E-state index is 6.12. The SMILES string of the molecule is COc1c(SC)cccc1C1(C(C)N)CC1. The standard InChI is InChI=1S/C13H19NOS/c1-9(14)13(7-8-13)10-5-4-6-11(16-3)12(10)15-2/h4-6,9H,7-8,14H2,1-3H3. The van der Waals surface area contributed by atoms with Gasteiger partial charge in [0.25, 0.3) is 0 Å². The van der Waals surface area contributed by atoms with Gasteiger partial charge in [-0.3, -0.25) is 0 Å². The second-order valence-corrected chi connectivity index (χ2v) is 5.33. The Bertz CT molecular complexity index is 386. The number of hydrogen-bond donors (Lipinski definition) is 1. The van der Waals surface area contributed by atoms with Crippen LogP contribution >= 0.6 is 11.8 Å². The van der Waals surface area contributed by atoms with Crippen molar-refractivity contribution >= 4 is 11.8 Å². The topological polar surface area (TPSA) is 35.2 Å². The Morgan fingerprint density at radius 1 is 1.44 bits per heavy atom. The van der Waals surface area contributed by atoms with E-state index in [2.05, 4.69) is 31.4 Å². The van der Waals surface area contributed by atoms with Crippen LogP contribution in [-0.2, 0) is 5.41 Å². The van der Waals surface area contributed by atoms with Gasteiger partial charge in [0.2, 0.25) is 0 Å². The van der Waals surface area contributed by atoms with Crippen LogP contribution in [0.1, 0.15) is 25.3 Å². The summed E-state index contributed by atoms with van der Waals surface area (Å²) in [4.78, 5) is 1.20. The van der Waals surface area contributed by atoms with Gasteiger partial charge in [0.15, 0.2) is 0 Å². The Balaban J connectivity index is 2.49. The van der Waals surface area contributed by atoms with Crippen LogP contribution in [0, 0.1) is 0 Å². The largest absolute Gasteiger partial charge is 0.495 e. The highest BCUT2D eigenvalue weighted by Crippen LogP contribution is 2.54. The number of methoxy groups -OCH3 is 1. The molecule has 88 valence electrons. The first-order valence-corrected chi connectivity index (χ1v) is 6.85. The Morgan fingerprint density at radius 2 is 2.12 bits per heavy atom. The van der Waals surface area contributed by atoms with Gasteiger partial charge in [-0.1, -0.05) is 12.1 Å². The van der Waals surface area contributed by atoms with Gasteiger partial charge in [-0.2, -0.15) is 0 Å². The molecule has 1 aromatic carbocycles. The van der Waals surface area contributed by atoms with Crippen LogP contribution in [0.4, 0.5) is 0 Å². The maximum Gasteiger partial charge on any atom is 0.136 e. The predicted octanol–water partition coefficient (Wildman–Crippen LogP) is 2.80. The van der Waals surface area contributed by atoms with E-state index in [0.29, 0.717) is 0 Å². The molecule has 2 nitrogen and oxygen atoms in total. The first kappa shape index (κ1) is 11.8. The summed E-state index contributed by atoms with van der Waals surface area (Å²) in [6, 6.07) is 6.56. The van der Waals surface area contributed by atoms with Crippen molar-refractivity contribution in [3.05, 3.63) is 23.8 Å². The summed E-state index contributed by atoms with van der Waals surface area (Å²) >= 11 is 1.72. The molecule has 2 N–H and O–H groups in total.